The van der Waals surface area contributed by atoms with Crippen molar-refractivity contribution in [2.45, 2.75) is 39.7 Å². The van der Waals surface area contributed by atoms with Gasteiger partial charge in [-0.15, -0.1) is 0 Å². The van der Waals surface area contributed by atoms with Crippen LogP contribution in [0, 0.1) is 5.41 Å². The van der Waals surface area contributed by atoms with Crippen LogP contribution >= 0.6 is 0 Å². The maximum Gasteiger partial charge on any atom is 0.224 e. The second-order valence-electron chi connectivity index (χ2n) is 5.22. The van der Waals surface area contributed by atoms with E-state index in [1.54, 1.807) is 0 Å². The minimum absolute atomic E-state index is 0.111. The Balaban J connectivity index is 2.82. The molecule has 92 valence electrons. The Morgan fingerprint density at radius 1 is 1.29 bits per heavy atom. The molecule has 3 heteroatoms. The number of benzene rings is 1. The van der Waals surface area contributed by atoms with Crippen LogP contribution in [0.25, 0.3) is 0 Å². The van der Waals surface area contributed by atoms with Gasteiger partial charge in [0.05, 0.1) is 12.9 Å². The Morgan fingerprint density at radius 3 is 2.18 bits per heavy atom. The molecule has 1 N–H and O–H groups in total. The number of nitrogens with one attached hydrogen (secondary N) is 1. The molecule has 1 rings (SSSR count). The Hall–Kier alpha value is -1.64. The van der Waals surface area contributed by atoms with Gasteiger partial charge >= 0.3 is 0 Å². The van der Waals surface area contributed by atoms with Crippen molar-refractivity contribution >= 4 is 12.2 Å². The average molecular weight is 232 g/mol. The lowest BCUT2D eigenvalue weighted by molar-refractivity contribution is -0.125. The zero-order valence-electron chi connectivity index (χ0n) is 10.9. The van der Waals surface area contributed by atoms with Crippen molar-refractivity contribution in [2.24, 2.45) is 0 Å². The zero-order valence-corrected chi connectivity index (χ0v) is 10.9. The van der Waals surface area contributed by atoms with E-state index in [0.717, 1.165) is 11.9 Å². The molecule has 0 saturated heterocycles. The summed E-state index contributed by atoms with van der Waals surface area (Å²) >= 11 is 0. The average Bonchev–Trinajstić information content (AvgIpc) is 2.25. The SMILES string of the molecule is CC(=O)N(C=N)Cc1ccc(C(C)(C)C)cc1. The maximum atomic E-state index is 11.2. The number of carbonyl (C=O) groups excluding carboxylic acids is 1. The van der Waals surface area contributed by atoms with E-state index < -0.39 is 0 Å². The molecular formula is C14H20N2O. The molecule has 0 atom stereocenters. The lowest BCUT2D eigenvalue weighted by Crippen LogP contribution is -2.26. The molecule has 17 heavy (non-hydrogen) atoms. The lowest BCUT2D eigenvalue weighted by Gasteiger charge is -2.20. The van der Waals surface area contributed by atoms with Crippen molar-refractivity contribution < 1.29 is 4.79 Å². The van der Waals surface area contributed by atoms with Gasteiger partial charge in [-0.05, 0) is 16.5 Å². The van der Waals surface area contributed by atoms with Crippen LogP contribution < -0.4 is 0 Å². The molecule has 0 spiro atoms. The Kier molecular flexibility index (Phi) is 4.05. The summed E-state index contributed by atoms with van der Waals surface area (Å²) in [6, 6.07) is 8.19. The minimum atomic E-state index is -0.111. The predicted molar refractivity (Wildman–Crippen MR) is 70.1 cm³/mol. The number of hydrogen-bond donors (Lipinski definition) is 1. The van der Waals surface area contributed by atoms with Crippen molar-refractivity contribution in [2.75, 3.05) is 0 Å². The monoisotopic (exact) mass is 232 g/mol. The zero-order chi connectivity index (χ0) is 13.1. The van der Waals surface area contributed by atoms with Gasteiger partial charge in [-0.1, -0.05) is 45.0 Å². The summed E-state index contributed by atoms with van der Waals surface area (Å²) in [5.41, 5.74) is 2.45. The molecular weight excluding hydrogens is 212 g/mol. The molecule has 3 nitrogen and oxygen atoms in total. The predicted octanol–water partition coefficient (Wildman–Crippen LogP) is 2.94. The van der Waals surface area contributed by atoms with Crippen LogP contribution in [-0.4, -0.2) is 17.1 Å². The van der Waals surface area contributed by atoms with Gasteiger partial charge in [0.1, 0.15) is 0 Å². The molecule has 0 aromatic heterocycles. The van der Waals surface area contributed by atoms with Gasteiger partial charge in [0, 0.05) is 6.92 Å². The van der Waals surface area contributed by atoms with Gasteiger partial charge in [-0.3, -0.25) is 15.1 Å². The fraction of sp³-hybridized carbons (Fsp3) is 0.429. The number of carbonyl (C=O) groups is 1. The van der Waals surface area contributed by atoms with Crippen molar-refractivity contribution in [1.29, 1.82) is 5.41 Å². The van der Waals surface area contributed by atoms with Crippen LogP contribution in [0.15, 0.2) is 24.3 Å². The van der Waals surface area contributed by atoms with Crippen LogP contribution in [0.2, 0.25) is 0 Å². The standard InChI is InChI=1S/C14H20N2O/c1-11(17)16(10-15)9-12-5-7-13(8-6-12)14(2,3)4/h5-8,10,15H,9H2,1-4H3. The first-order chi connectivity index (χ1) is 7.84. The van der Waals surface area contributed by atoms with Gasteiger partial charge in [-0.2, -0.15) is 0 Å². The maximum absolute atomic E-state index is 11.2. The van der Waals surface area contributed by atoms with Crippen molar-refractivity contribution in [1.82, 2.24) is 4.90 Å². The summed E-state index contributed by atoms with van der Waals surface area (Å²) in [6.07, 6.45) is 1.07. The van der Waals surface area contributed by atoms with Gasteiger partial charge in [0.25, 0.3) is 0 Å². The first-order valence-corrected chi connectivity index (χ1v) is 5.72. The highest BCUT2D eigenvalue weighted by molar-refractivity contribution is 5.84. The summed E-state index contributed by atoms with van der Waals surface area (Å²) < 4.78 is 0. The number of hydrogen-bond acceptors (Lipinski definition) is 2. The normalized spacial score (nSPS) is 11.1. The molecule has 0 aliphatic heterocycles. The van der Waals surface area contributed by atoms with Crippen molar-refractivity contribution in [3.63, 3.8) is 0 Å². The molecule has 0 unspecified atom stereocenters. The molecule has 0 saturated carbocycles. The first kappa shape index (κ1) is 13.4. The second kappa shape index (κ2) is 5.13. The van der Waals surface area contributed by atoms with E-state index in [0.29, 0.717) is 6.54 Å². The highest BCUT2D eigenvalue weighted by Crippen LogP contribution is 2.22. The quantitative estimate of drug-likeness (QED) is 0.632. The third-order valence-electron chi connectivity index (χ3n) is 2.73. The van der Waals surface area contributed by atoms with Gasteiger partial charge in [-0.25, -0.2) is 0 Å². The van der Waals surface area contributed by atoms with E-state index in [-0.39, 0.29) is 11.3 Å². The third-order valence-corrected chi connectivity index (χ3v) is 2.73. The molecule has 1 aromatic carbocycles. The molecule has 0 aliphatic carbocycles. The van der Waals surface area contributed by atoms with E-state index in [1.165, 1.54) is 17.4 Å². The van der Waals surface area contributed by atoms with Crippen LogP contribution in [-0.2, 0) is 16.8 Å². The number of rotatable bonds is 3. The molecule has 0 fully saturated rings. The topological polar surface area (TPSA) is 44.2 Å². The first-order valence-electron chi connectivity index (χ1n) is 5.72. The fourth-order valence-corrected chi connectivity index (χ4v) is 1.55. The molecule has 1 aromatic rings. The number of nitrogens with zero attached hydrogens (tertiary/aromatic N) is 1. The van der Waals surface area contributed by atoms with Crippen LogP contribution in [0.4, 0.5) is 0 Å². The molecule has 0 heterocycles. The molecule has 0 radical (unpaired) electrons. The summed E-state index contributed by atoms with van der Waals surface area (Å²) in [5, 5.41) is 7.16. The van der Waals surface area contributed by atoms with Crippen molar-refractivity contribution in [3.8, 4) is 0 Å². The minimum Gasteiger partial charge on any atom is -0.299 e. The molecule has 0 bridgehead atoms. The van der Waals surface area contributed by atoms with Crippen LogP contribution in [0.1, 0.15) is 38.8 Å². The molecule has 0 aliphatic rings. The summed E-state index contributed by atoms with van der Waals surface area (Å²) in [7, 11) is 0. The Bertz CT molecular complexity index is 401. The van der Waals surface area contributed by atoms with Crippen molar-refractivity contribution in [3.05, 3.63) is 35.4 Å². The number of amides is 1. The lowest BCUT2D eigenvalue weighted by atomic mass is 9.87. The van der Waals surface area contributed by atoms with Gasteiger partial charge in [0.2, 0.25) is 5.91 Å². The van der Waals surface area contributed by atoms with Crippen LogP contribution in [0.5, 0.6) is 0 Å². The summed E-state index contributed by atoms with van der Waals surface area (Å²) in [6.45, 7) is 8.43. The van der Waals surface area contributed by atoms with E-state index in [4.69, 9.17) is 5.41 Å². The van der Waals surface area contributed by atoms with E-state index in [9.17, 15) is 4.79 Å². The third kappa shape index (κ3) is 3.70. The molecule has 1 amide bonds. The van der Waals surface area contributed by atoms with E-state index >= 15 is 0 Å². The van der Waals surface area contributed by atoms with Gasteiger partial charge in [0.15, 0.2) is 0 Å². The van der Waals surface area contributed by atoms with Crippen LogP contribution in [0.3, 0.4) is 0 Å². The second-order valence-corrected chi connectivity index (χ2v) is 5.22. The highest BCUT2D eigenvalue weighted by atomic mass is 16.2. The Labute approximate surface area is 103 Å². The summed E-state index contributed by atoms with van der Waals surface area (Å²) in [4.78, 5) is 12.6. The Morgan fingerprint density at radius 2 is 1.82 bits per heavy atom. The van der Waals surface area contributed by atoms with E-state index in [2.05, 4.69) is 32.9 Å². The van der Waals surface area contributed by atoms with Gasteiger partial charge < -0.3 is 0 Å². The fourth-order valence-electron chi connectivity index (χ4n) is 1.55. The smallest absolute Gasteiger partial charge is 0.224 e. The highest BCUT2D eigenvalue weighted by Gasteiger charge is 2.13. The van der Waals surface area contributed by atoms with E-state index in [1.807, 2.05) is 12.1 Å². The summed E-state index contributed by atoms with van der Waals surface area (Å²) in [5.74, 6) is -0.111. The largest absolute Gasteiger partial charge is 0.299 e.